The Kier molecular flexibility index (Phi) is 6.67. The molecule has 1 aliphatic rings. The predicted molar refractivity (Wildman–Crippen MR) is 122 cm³/mol. The summed E-state index contributed by atoms with van der Waals surface area (Å²) in [5.41, 5.74) is 2.89. The monoisotopic (exact) mass is 455 g/mol. The fourth-order valence-corrected chi connectivity index (χ4v) is 4.17. The number of nitrogens with zero attached hydrogens (tertiary/aromatic N) is 2. The number of halogens is 1. The second-order valence-corrected chi connectivity index (χ2v) is 8.21. The number of rotatable bonds is 9. The fourth-order valence-electron chi connectivity index (χ4n) is 4.00. The number of amides is 1. The first kappa shape index (κ1) is 22.2. The van der Waals surface area contributed by atoms with Gasteiger partial charge in [-0.2, -0.15) is 5.10 Å². The van der Waals surface area contributed by atoms with Crippen molar-refractivity contribution in [3.8, 4) is 22.8 Å². The van der Waals surface area contributed by atoms with E-state index in [1.165, 1.54) is 6.07 Å². The molecule has 0 saturated heterocycles. The molecule has 1 amide bonds. The number of fused-ring (bicyclic) bond motifs is 1. The number of phenols is 1. The molecule has 1 aliphatic heterocycles. The summed E-state index contributed by atoms with van der Waals surface area (Å²) in [6.45, 7) is 3.14. The molecule has 0 fully saturated rings. The molecule has 1 atom stereocenters. The van der Waals surface area contributed by atoms with Crippen LogP contribution >= 0.6 is 11.6 Å². The van der Waals surface area contributed by atoms with Gasteiger partial charge in [0.15, 0.2) is 0 Å². The number of phenolic OH excluding ortho intramolecular Hbond substituents is 1. The van der Waals surface area contributed by atoms with E-state index in [1.54, 1.807) is 17.0 Å². The zero-order valence-corrected chi connectivity index (χ0v) is 18.6. The third kappa shape index (κ3) is 4.18. The Morgan fingerprint density at radius 2 is 1.97 bits per heavy atom. The Bertz CT molecular complexity index is 1100. The minimum atomic E-state index is -0.416. The Hall–Kier alpha value is -3.03. The van der Waals surface area contributed by atoms with E-state index in [4.69, 9.17) is 16.3 Å². The van der Waals surface area contributed by atoms with Gasteiger partial charge in [-0.3, -0.25) is 9.89 Å². The molecule has 2 heterocycles. The summed E-state index contributed by atoms with van der Waals surface area (Å²) in [5.74, 6) is 0.610. The zero-order valence-electron chi connectivity index (χ0n) is 17.8. The van der Waals surface area contributed by atoms with E-state index < -0.39 is 6.04 Å². The molecule has 8 heteroatoms. The molecule has 4 rings (SSSR count). The number of aliphatic hydroxyl groups is 1. The van der Waals surface area contributed by atoms with Crippen LogP contribution in [0.1, 0.15) is 53.8 Å². The van der Waals surface area contributed by atoms with E-state index in [0.29, 0.717) is 47.1 Å². The number of aliphatic hydroxyl groups excluding tert-OH is 1. The van der Waals surface area contributed by atoms with Crippen molar-refractivity contribution in [2.45, 2.75) is 32.2 Å². The maximum absolute atomic E-state index is 13.2. The van der Waals surface area contributed by atoms with Gasteiger partial charge in [-0.25, -0.2) is 0 Å². The van der Waals surface area contributed by atoms with Gasteiger partial charge in [0.05, 0.1) is 12.6 Å². The van der Waals surface area contributed by atoms with Crippen molar-refractivity contribution >= 4 is 17.5 Å². The van der Waals surface area contributed by atoms with Gasteiger partial charge in [-0.15, -0.1) is 0 Å². The summed E-state index contributed by atoms with van der Waals surface area (Å²) >= 11 is 6.17. The summed E-state index contributed by atoms with van der Waals surface area (Å²) in [6, 6.07) is 12.0. The third-order valence-corrected chi connectivity index (χ3v) is 5.83. The number of benzene rings is 2. The normalized spacial score (nSPS) is 15.3. The van der Waals surface area contributed by atoms with Crippen molar-refractivity contribution < 1.29 is 19.7 Å². The van der Waals surface area contributed by atoms with Gasteiger partial charge in [0.1, 0.15) is 22.9 Å². The van der Waals surface area contributed by atoms with Crippen LogP contribution in [0.25, 0.3) is 11.3 Å². The molecular weight excluding hydrogens is 430 g/mol. The molecule has 0 aliphatic carbocycles. The number of aromatic hydroxyl groups is 1. The molecule has 7 nitrogen and oxygen atoms in total. The van der Waals surface area contributed by atoms with Crippen LogP contribution in [0.15, 0.2) is 42.5 Å². The minimum Gasteiger partial charge on any atom is -0.507 e. The number of H-pyrrole nitrogens is 1. The lowest BCUT2D eigenvalue weighted by Crippen LogP contribution is -2.31. The van der Waals surface area contributed by atoms with E-state index in [1.807, 2.05) is 24.3 Å². The van der Waals surface area contributed by atoms with Gasteiger partial charge in [0.25, 0.3) is 5.91 Å². The second-order valence-electron chi connectivity index (χ2n) is 7.77. The average molecular weight is 456 g/mol. The molecule has 0 bridgehead atoms. The highest BCUT2D eigenvalue weighted by Crippen LogP contribution is 2.45. The summed E-state index contributed by atoms with van der Waals surface area (Å²) in [4.78, 5) is 14.9. The fraction of sp³-hybridized carbons (Fsp3) is 0.333. The molecule has 32 heavy (non-hydrogen) atoms. The van der Waals surface area contributed by atoms with Crippen LogP contribution in [0.5, 0.6) is 11.5 Å². The molecule has 3 N–H and O–H groups in total. The van der Waals surface area contributed by atoms with Gasteiger partial charge in [-0.1, -0.05) is 37.1 Å². The molecular formula is C24H26ClN3O4. The standard InChI is InChI=1S/C24H26ClN3O4/c1-2-3-13-32-17-8-5-15(6-9-17)23-20-21(18-14-16(25)7-10-19(18)30)26-27-22(20)24(31)28(23)11-4-12-29/h5-10,14,23,29-30H,2-4,11-13H2,1H3,(H,26,27). The Morgan fingerprint density at radius 1 is 1.19 bits per heavy atom. The van der Waals surface area contributed by atoms with Crippen LogP contribution < -0.4 is 4.74 Å². The summed E-state index contributed by atoms with van der Waals surface area (Å²) in [5, 5.41) is 27.5. The number of aromatic nitrogens is 2. The van der Waals surface area contributed by atoms with Gasteiger partial charge >= 0.3 is 0 Å². The molecule has 0 radical (unpaired) electrons. The van der Waals surface area contributed by atoms with Crippen LogP contribution in [0, 0.1) is 0 Å². The predicted octanol–water partition coefficient (Wildman–Crippen LogP) is 4.54. The van der Waals surface area contributed by atoms with Crippen molar-refractivity contribution in [1.82, 2.24) is 15.1 Å². The smallest absolute Gasteiger partial charge is 0.273 e. The third-order valence-electron chi connectivity index (χ3n) is 5.60. The lowest BCUT2D eigenvalue weighted by Gasteiger charge is -2.26. The van der Waals surface area contributed by atoms with Crippen molar-refractivity contribution in [1.29, 1.82) is 0 Å². The number of ether oxygens (including phenoxy) is 1. The first-order valence-electron chi connectivity index (χ1n) is 10.8. The topological polar surface area (TPSA) is 98.7 Å². The number of carbonyl (C=O) groups excluding carboxylic acids is 1. The maximum atomic E-state index is 13.2. The Balaban J connectivity index is 1.76. The highest BCUT2D eigenvalue weighted by atomic mass is 35.5. The summed E-state index contributed by atoms with van der Waals surface area (Å²) in [7, 11) is 0. The highest BCUT2D eigenvalue weighted by Gasteiger charge is 2.42. The molecule has 2 aromatic carbocycles. The number of carbonyl (C=O) groups is 1. The second kappa shape index (κ2) is 9.63. The van der Waals surface area contributed by atoms with E-state index in [9.17, 15) is 15.0 Å². The molecule has 3 aromatic rings. The van der Waals surface area contributed by atoms with Crippen LogP contribution in [-0.2, 0) is 0 Å². The van der Waals surface area contributed by atoms with Crippen LogP contribution in [0.2, 0.25) is 5.02 Å². The number of hydrogen-bond donors (Lipinski definition) is 3. The molecule has 1 aromatic heterocycles. The molecule has 0 saturated carbocycles. The largest absolute Gasteiger partial charge is 0.507 e. The highest BCUT2D eigenvalue weighted by molar-refractivity contribution is 6.31. The molecule has 1 unspecified atom stereocenters. The molecule has 0 spiro atoms. The van der Waals surface area contributed by atoms with Gasteiger partial charge < -0.3 is 19.8 Å². The minimum absolute atomic E-state index is 0.0190. The van der Waals surface area contributed by atoms with Crippen molar-refractivity contribution in [2.24, 2.45) is 0 Å². The number of aromatic amines is 1. The van der Waals surface area contributed by atoms with Gasteiger partial charge in [-0.05, 0) is 48.7 Å². The lowest BCUT2D eigenvalue weighted by molar-refractivity contribution is 0.0732. The number of hydrogen-bond acceptors (Lipinski definition) is 5. The average Bonchev–Trinajstić information content (AvgIpc) is 3.33. The van der Waals surface area contributed by atoms with E-state index in [-0.39, 0.29) is 18.3 Å². The first-order valence-corrected chi connectivity index (χ1v) is 11.1. The quantitative estimate of drug-likeness (QED) is 0.411. The van der Waals surface area contributed by atoms with Crippen molar-refractivity contribution in [3.05, 3.63) is 64.3 Å². The van der Waals surface area contributed by atoms with E-state index in [2.05, 4.69) is 17.1 Å². The van der Waals surface area contributed by atoms with Crippen LogP contribution in [-0.4, -0.2) is 51.0 Å². The van der Waals surface area contributed by atoms with Crippen LogP contribution in [0.4, 0.5) is 0 Å². The maximum Gasteiger partial charge on any atom is 0.273 e. The van der Waals surface area contributed by atoms with E-state index >= 15 is 0 Å². The number of unbranched alkanes of at least 4 members (excludes halogenated alkanes) is 1. The Morgan fingerprint density at radius 3 is 2.69 bits per heavy atom. The number of nitrogens with one attached hydrogen (secondary N) is 1. The summed E-state index contributed by atoms with van der Waals surface area (Å²) in [6.07, 6.45) is 2.50. The van der Waals surface area contributed by atoms with Crippen LogP contribution in [0.3, 0.4) is 0 Å². The lowest BCUT2D eigenvalue weighted by atomic mass is 9.95. The van der Waals surface area contributed by atoms with Gasteiger partial charge in [0.2, 0.25) is 0 Å². The summed E-state index contributed by atoms with van der Waals surface area (Å²) < 4.78 is 5.77. The SMILES string of the molecule is CCCCOc1ccc(C2c3c(-c4cc(Cl)ccc4O)n[nH]c3C(=O)N2CCCO)cc1. The van der Waals surface area contributed by atoms with Gasteiger partial charge in [0, 0.05) is 29.3 Å². The van der Waals surface area contributed by atoms with Crippen molar-refractivity contribution in [2.75, 3.05) is 19.8 Å². The zero-order chi connectivity index (χ0) is 22.7. The Labute approximate surface area is 191 Å². The van der Waals surface area contributed by atoms with Crippen molar-refractivity contribution in [3.63, 3.8) is 0 Å². The van der Waals surface area contributed by atoms with E-state index in [0.717, 1.165) is 24.2 Å². The molecule has 168 valence electrons. The first-order chi connectivity index (χ1) is 15.5.